The Morgan fingerprint density at radius 2 is 1.81 bits per heavy atom. The number of H-pyrrole nitrogens is 1. The van der Waals surface area contributed by atoms with Crippen molar-refractivity contribution in [1.29, 1.82) is 0 Å². The first kappa shape index (κ1) is 23.2. The molecule has 1 aliphatic rings. The molecule has 1 aromatic heterocycles. The minimum absolute atomic E-state index is 0.00974. The molecule has 0 spiro atoms. The summed E-state index contributed by atoms with van der Waals surface area (Å²) >= 11 is 0. The first-order chi connectivity index (χ1) is 17.4. The second-order valence-electron chi connectivity index (χ2n) is 8.90. The largest absolute Gasteiger partial charge is 0.507 e. The van der Waals surface area contributed by atoms with E-state index in [1.54, 1.807) is 24.3 Å². The highest BCUT2D eigenvalue weighted by molar-refractivity contribution is 6.46. The topological polar surface area (TPSA) is 103 Å². The highest BCUT2D eigenvalue weighted by atomic mass is 16.5. The number of carbonyl (C=O) groups is 2. The van der Waals surface area contributed by atoms with Crippen molar-refractivity contribution in [3.63, 3.8) is 0 Å². The van der Waals surface area contributed by atoms with Crippen LogP contribution in [0.3, 0.4) is 0 Å². The number of likely N-dealkylation sites (tertiary alicyclic amines) is 1. The fourth-order valence-corrected chi connectivity index (χ4v) is 4.77. The maximum absolute atomic E-state index is 13.3. The number of para-hydroxylation sites is 1. The van der Waals surface area contributed by atoms with Crippen LogP contribution >= 0.6 is 0 Å². The molecule has 7 heteroatoms. The summed E-state index contributed by atoms with van der Waals surface area (Å²) in [4.78, 5) is 31.3. The van der Waals surface area contributed by atoms with E-state index in [0.717, 1.165) is 22.0 Å². The van der Waals surface area contributed by atoms with Crippen LogP contribution in [-0.2, 0) is 16.0 Å². The molecule has 3 N–H and O–H groups in total. The number of aryl methyl sites for hydroxylation is 1. The molecular weight excluding hydrogens is 456 g/mol. The van der Waals surface area contributed by atoms with Crippen molar-refractivity contribution < 1.29 is 24.5 Å². The van der Waals surface area contributed by atoms with Crippen LogP contribution in [0.2, 0.25) is 0 Å². The Morgan fingerprint density at radius 3 is 2.56 bits per heavy atom. The molecule has 1 saturated heterocycles. The van der Waals surface area contributed by atoms with Crippen LogP contribution < -0.4 is 4.74 Å². The van der Waals surface area contributed by atoms with Crippen molar-refractivity contribution in [2.24, 2.45) is 0 Å². The number of aromatic amines is 1. The maximum Gasteiger partial charge on any atom is 0.295 e. The van der Waals surface area contributed by atoms with Gasteiger partial charge in [0, 0.05) is 29.2 Å². The molecule has 3 aromatic carbocycles. The number of carbonyl (C=O) groups excluding carboxylic acids is 2. The summed E-state index contributed by atoms with van der Waals surface area (Å²) in [6.45, 7) is 2.18. The van der Waals surface area contributed by atoms with Gasteiger partial charge in [-0.05, 0) is 42.7 Å². The number of hydrogen-bond acceptors (Lipinski definition) is 5. The van der Waals surface area contributed by atoms with Crippen molar-refractivity contribution in [3.8, 4) is 11.5 Å². The summed E-state index contributed by atoms with van der Waals surface area (Å²) in [6, 6.07) is 18.8. The van der Waals surface area contributed by atoms with Gasteiger partial charge in [0.15, 0.2) is 11.5 Å². The molecule has 0 radical (unpaired) electrons. The van der Waals surface area contributed by atoms with Gasteiger partial charge in [0.1, 0.15) is 5.76 Å². The number of aliphatic hydroxyl groups is 1. The van der Waals surface area contributed by atoms with E-state index in [2.05, 4.69) is 4.98 Å². The lowest BCUT2D eigenvalue weighted by atomic mass is 9.94. The third-order valence-electron chi connectivity index (χ3n) is 6.68. The molecule has 0 unspecified atom stereocenters. The van der Waals surface area contributed by atoms with Gasteiger partial charge in [-0.2, -0.15) is 0 Å². The van der Waals surface area contributed by atoms with E-state index >= 15 is 0 Å². The predicted molar refractivity (Wildman–Crippen MR) is 137 cm³/mol. The number of ketones is 1. The number of amides is 1. The van der Waals surface area contributed by atoms with Crippen LogP contribution in [0.4, 0.5) is 0 Å². The van der Waals surface area contributed by atoms with E-state index in [9.17, 15) is 19.8 Å². The number of aromatic nitrogens is 1. The number of ether oxygens (including phenoxy) is 1. The molecule has 182 valence electrons. The van der Waals surface area contributed by atoms with E-state index in [4.69, 9.17) is 4.74 Å². The minimum Gasteiger partial charge on any atom is -0.507 e. The number of aliphatic hydroxyl groups excluding tert-OH is 1. The fraction of sp³-hybridized carbons (Fsp3) is 0.172. The number of phenols is 1. The number of rotatable bonds is 6. The Bertz CT molecular complexity index is 1500. The van der Waals surface area contributed by atoms with Crippen LogP contribution in [0.5, 0.6) is 11.5 Å². The number of nitrogens with zero attached hydrogens (tertiary/aromatic N) is 1. The van der Waals surface area contributed by atoms with Gasteiger partial charge in [0.25, 0.3) is 11.7 Å². The maximum atomic E-state index is 13.3. The van der Waals surface area contributed by atoms with Crippen molar-refractivity contribution >= 4 is 28.4 Å². The zero-order valence-electron chi connectivity index (χ0n) is 20.0. The van der Waals surface area contributed by atoms with Gasteiger partial charge < -0.3 is 24.8 Å². The molecule has 1 fully saturated rings. The van der Waals surface area contributed by atoms with Gasteiger partial charge >= 0.3 is 0 Å². The summed E-state index contributed by atoms with van der Waals surface area (Å²) < 4.78 is 5.27. The Hall–Kier alpha value is -4.52. The molecule has 0 bridgehead atoms. The van der Waals surface area contributed by atoms with Gasteiger partial charge in [-0.15, -0.1) is 0 Å². The van der Waals surface area contributed by atoms with Crippen LogP contribution in [-0.4, -0.2) is 45.4 Å². The Balaban J connectivity index is 1.59. The molecule has 0 saturated carbocycles. The number of hydrogen-bond donors (Lipinski definition) is 3. The summed E-state index contributed by atoms with van der Waals surface area (Å²) in [7, 11) is 1.43. The third kappa shape index (κ3) is 3.98. The monoisotopic (exact) mass is 482 g/mol. The first-order valence-corrected chi connectivity index (χ1v) is 11.7. The van der Waals surface area contributed by atoms with Gasteiger partial charge in [0.2, 0.25) is 0 Å². The standard InChI is InChI=1S/C29H26N2O5/c1-17-7-9-18(10-8-17)27(33)25-26(19-11-12-23(32)24(15-19)36-2)31(29(35)28(25)34)14-13-20-16-30-22-6-4-3-5-21(20)22/h3-12,15-16,26,30,32-33H,13-14H2,1-2H3/t26-/m1/s1. The number of phenolic OH excluding ortho intramolecular Hbond substituents is 1. The van der Waals surface area contributed by atoms with Gasteiger partial charge in [0.05, 0.1) is 18.7 Å². The first-order valence-electron chi connectivity index (χ1n) is 11.7. The molecule has 1 atom stereocenters. The Morgan fingerprint density at radius 1 is 1.06 bits per heavy atom. The number of methoxy groups -OCH3 is 1. The van der Waals surface area contributed by atoms with E-state index in [-0.39, 0.29) is 29.4 Å². The molecule has 1 amide bonds. The predicted octanol–water partition coefficient (Wildman–Crippen LogP) is 4.85. The summed E-state index contributed by atoms with van der Waals surface area (Å²) in [5.41, 5.74) is 4.03. The molecule has 1 aliphatic heterocycles. The van der Waals surface area contributed by atoms with Crippen molar-refractivity contribution in [1.82, 2.24) is 9.88 Å². The van der Waals surface area contributed by atoms with E-state index in [0.29, 0.717) is 17.5 Å². The molecular formula is C29H26N2O5. The van der Waals surface area contributed by atoms with Crippen molar-refractivity contribution in [3.05, 3.63) is 101 Å². The lowest BCUT2D eigenvalue weighted by molar-refractivity contribution is -0.139. The quantitative estimate of drug-likeness (QED) is 0.207. The second kappa shape index (κ2) is 9.26. The van der Waals surface area contributed by atoms with E-state index < -0.39 is 17.7 Å². The van der Waals surface area contributed by atoms with Crippen molar-refractivity contribution in [2.75, 3.05) is 13.7 Å². The zero-order valence-corrected chi connectivity index (χ0v) is 20.0. The zero-order chi connectivity index (χ0) is 25.4. The second-order valence-corrected chi connectivity index (χ2v) is 8.90. The molecule has 36 heavy (non-hydrogen) atoms. The van der Waals surface area contributed by atoms with Gasteiger partial charge in [-0.3, -0.25) is 9.59 Å². The smallest absolute Gasteiger partial charge is 0.295 e. The Kier molecular flexibility index (Phi) is 5.98. The average molecular weight is 483 g/mol. The third-order valence-corrected chi connectivity index (χ3v) is 6.68. The van der Waals surface area contributed by atoms with Crippen LogP contribution in [0.25, 0.3) is 16.7 Å². The average Bonchev–Trinajstić information content (AvgIpc) is 3.41. The van der Waals surface area contributed by atoms with Gasteiger partial charge in [-0.1, -0.05) is 54.1 Å². The van der Waals surface area contributed by atoms with Crippen molar-refractivity contribution in [2.45, 2.75) is 19.4 Å². The highest BCUT2D eigenvalue weighted by Gasteiger charge is 2.46. The van der Waals surface area contributed by atoms with Gasteiger partial charge in [-0.25, -0.2) is 0 Å². The molecule has 2 heterocycles. The number of fused-ring (bicyclic) bond motifs is 1. The highest BCUT2D eigenvalue weighted by Crippen LogP contribution is 2.42. The SMILES string of the molecule is COc1cc([C@@H]2C(=C(O)c3ccc(C)cc3)C(=O)C(=O)N2CCc2c[nH]c3ccccc23)ccc1O. The summed E-state index contributed by atoms with van der Waals surface area (Å²) in [6.07, 6.45) is 2.42. The van der Waals surface area contributed by atoms with E-state index in [1.807, 2.05) is 49.5 Å². The lowest BCUT2D eigenvalue weighted by Gasteiger charge is -2.25. The van der Waals surface area contributed by atoms with Crippen LogP contribution in [0, 0.1) is 6.92 Å². The minimum atomic E-state index is -0.842. The summed E-state index contributed by atoms with van der Waals surface area (Å²) in [5.74, 6) is -1.51. The summed E-state index contributed by atoms with van der Waals surface area (Å²) in [5, 5.41) is 22.4. The fourth-order valence-electron chi connectivity index (χ4n) is 4.77. The number of aromatic hydroxyl groups is 1. The molecule has 4 aromatic rings. The molecule has 0 aliphatic carbocycles. The van der Waals surface area contributed by atoms with E-state index in [1.165, 1.54) is 18.1 Å². The Labute approximate surface area is 208 Å². The lowest BCUT2D eigenvalue weighted by Crippen LogP contribution is -2.31. The number of benzene rings is 3. The normalized spacial score (nSPS) is 17.2. The van der Waals surface area contributed by atoms with Crippen LogP contribution in [0.15, 0.2) is 78.5 Å². The van der Waals surface area contributed by atoms with Crippen LogP contribution in [0.1, 0.15) is 28.3 Å². The molecule has 7 nitrogen and oxygen atoms in total. The number of Topliss-reactive ketones (excluding diaryl/α,β-unsaturated/α-hetero) is 1. The number of nitrogens with one attached hydrogen (secondary N) is 1. The molecule has 5 rings (SSSR count).